The van der Waals surface area contributed by atoms with Gasteiger partial charge in [0.25, 0.3) is 0 Å². The highest BCUT2D eigenvalue weighted by atomic mass is 16.5. The van der Waals surface area contributed by atoms with Crippen LogP contribution >= 0.6 is 0 Å². The summed E-state index contributed by atoms with van der Waals surface area (Å²) in [6.07, 6.45) is 0. The first-order valence-electron chi connectivity index (χ1n) is 5.81. The van der Waals surface area contributed by atoms with E-state index >= 15 is 0 Å². The zero-order chi connectivity index (χ0) is 12.4. The van der Waals surface area contributed by atoms with Gasteiger partial charge in [0.2, 0.25) is 0 Å². The van der Waals surface area contributed by atoms with Gasteiger partial charge in [-0.1, -0.05) is 6.92 Å². The molecule has 90 valence electrons. The quantitative estimate of drug-likeness (QED) is 0.881. The summed E-state index contributed by atoms with van der Waals surface area (Å²) in [5, 5.41) is 1.11. The summed E-state index contributed by atoms with van der Waals surface area (Å²) in [4.78, 5) is 4.69. The van der Waals surface area contributed by atoms with E-state index in [1.54, 1.807) is 7.11 Å². The number of hydrogen-bond acceptors (Lipinski definition) is 3. The number of pyridine rings is 1. The Kier molecular flexibility index (Phi) is 3.29. The van der Waals surface area contributed by atoms with Crippen LogP contribution in [0.2, 0.25) is 0 Å². The van der Waals surface area contributed by atoms with Crippen LogP contribution in [0.15, 0.2) is 24.3 Å². The molecule has 0 aliphatic rings. The highest BCUT2D eigenvalue weighted by molar-refractivity contribution is 5.81. The SMILES string of the molecule is COc1ccc2nc(C(C)CN)c(C)cc2c1. The molecule has 17 heavy (non-hydrogen) atoms. The maximum Gasteiger partial charge on any atom is 0.119 e. The van der Waals surface area contributed by atoms with Crippen LogP contribution in [0.3, 0.4) is 0 Å². The highest BCUT2D eigenvalue weighted by Gasteiger charge is 2.10. The van der Waals surface area contributed by atoms with Gasteiger partial charge in [-0.15, -0.1) is 0 Å². The van der Waals surface area contributed by atoms with Crippen molar-refractivity contribution in [3.05, 3.63) is 35.5 Å². The first-order valence-corrected chi connectivity index (χ1v) is 5.81. The predicted molar refractivity (Wildman–Crippen MR) is 70.5 cm³/mol. The number of aromatic nitrogens is 1. The number of methoxy groups -OCH3 is 1. The second kappa shape index (κ2) is 4.72. The van der Waals surface area contributed by atoms with Gasteiger partial charge < -0.3 is 10.5 Å². The number of benzene rings is 1. The monoisotopic (exact) mass is 230 g/mol. The number of nitrogens with two attached hydrogens (primary N) is 1. The Hall–Kier alpha value is -1.61. The van der Waals surface area contributed by atoms with Crippen LogP contribution in [0.1, 0.15) is 24.1 Å². The smallest absolute Gasteiger partial charge is 0.119 e. The maximum absolute atomic E-state index is 5.70. The molecular formula is C14H18N2O. The molecule has 1 unspecified atom stereocenters. The van der Waals surface area contributed by atoms with E-state index in [9.17, 15) is 0 Å². The zero-order valence-corrected chi connectivity index (χ0v) is 10.5. The Balaban J connectivity index is 2.58. The average Bonchev–Trinajstić information content (AvgIpc) is 2.36. The molecule has 3 heteroatoms. The summed E-state index contributed by atoms with van der Waals surface area (Å²) in [6.45, 7) is 4.80. The summed E-state index contributed by atoms with van der Waals surface area (Å²) < 4.78 is 5.21. The molecule has 2 aromatic rings. The maximum atomic E-state index is 5.70. The van der Waals surface area contributed by atoms with Crippen molar-refractivity contribution in [1.82, 2.24) is 4.98 Å². The van der Waals surface area contributed by atoms with Gasteiger partial charge >= 0.3 is 0 Å². The third-order valence-corrected chi connectivity index (χ3v) is 3.07. The van der Waals surface area contributed by atoms with Gasteiger partial charge in [-0.3, -0.25) is 4.98 Å². The van der Waals surface area contributed by atoms with Crippen LogP contribution in [-0.2, 0) is 0 Å². The van der Waals surface area contributed by atoms with Crippen molar-refractivity contribution in [3.8, 4) is 5.75 Å². The van der Waals surface area contributed by atoms with Crippen molar-refractivity contribution < 1.29 is 4.74 Å². The van der Waals surface area contributed by atoms with Crippen molar-refractivity contribution in [3.63, 3.8) is 0 Å². The molecule has 1 aromatic heterocycles. The van der Waals surface area contributed by atoms with Crippen molar-refractivity contribution in [2.75, 3.05) is 13.7 Å². The van der Waals surface area contributed by atoms with Crippen LogP contribution in [0.25, 0.3) is 10.9 Å². The molecule has 0 bridgehead atoms. The van der Waals surface area contributed by atoms with E-state index in [1.807, 2.05) is 18.2 Å². The highest BCUT2D eigenvalue weighted by Crippen LogP contribution is 2.24. The zero-order valence-electron chi connectivity index (χ0n) is 10.5. The predicted octanol–water partition coefficient (Wildman–Crippen LogP) is 2.61. The van der Waals surface area contributed by atoms with E-state index in [0.717, 1.165) is 22.3 Å². The van der Waals surface area contributed by atoms with Gasteiger partial charge in [0.1, 0.15) is 5.75 Å². The Morgan fingerprint density at radius 1 is 1.35 bits per heavy atom. The lowest BCUT2D eigenvalue weighted by Gasteiger charge is -2.13. The largest absolute Gasteiger partial charge is 0.497 e. The Morgan fingerprint density at radius 3 is 2.76 bits per heavy atom. The number of ether oxygens (including phenoxy) is 1. The van der Waals surface area contributed by atoms with E-state index in [1.165, 1.54) is 5.56 Å². The number of aryl methyl sites for hydroxylation is 1. The van der Waals surface area contributed by atoms with Gasteiger partial charge in [0.05, 0.1) is 12.6 Å². The molecule has 0 amide bonds. The minimum atomic E-state index is 0.293. The molecule has 1 atom stereocenters. The fourth-order valence-electron chi connectivity index (χ4n) is 2.01. The lowest BCUT2D eigenvalue weighted by atomic mass is 10.0. The fraction of sp³-hybridized carbons (Fsp3) is 0.357. The molecule has 3 nitrogen and oxygen atoms in total. The van der Waals surface area contributed by atoms with E-state index in [-0.39, 0.29) is 0 Å². The third-order valence-electron chi connectivity index (χ3n) is 3.07. The lowest BCUT2D eigenvalue weighted by molar-refractivity contribution is 0.415. The van der Waals surface area contributed by atoms with Gasteiger partial charge in [-0.25, -0.2) is 0 Å². The number of fused-ring (bicyclic) bond motifs is 1. The van der Waals surface area contributed by atoms with Crippen molar-refractivity contribution >= 4 is 10.9 Å². The molecule has 0 aliphatic carbocycles. The van der Waals surface area contributed by atoms with E-state index in [4.69, 9.17) is 10.5 Å². The van der Waals surface area contributed by atoms with E-state index in [0.29, 0.717) is 12.5 Å². The molecule has 1 heterocycles. The van der Waals surface area contributed by atoms with E-state index in [2.05, 4.69) is 24.9 Å². The fourth-order valence-corrected chi connectivity index (χ4v) is 2.01. The summed E-state index contributed by atoms with van der Waals surface area (Å²) >= 11 is 0. The molecule has 2 N–H and O–H groups in total. The van der Waals surface area contributed by atoms with Crippen molar-refractivity contribution in [2.45, 2.75) is 19.8 Å². The van der Waals surface area contributed by atoms with Gasteiger partial charge in [0.15, 0.2) is 0 Å². The molecule has 0 aliphatic heterocycles. The van der Waals surface area contributed by atoms with Gasteiger partial charge in [-0.2, -0.15) is 0 Å². The molecule has 1 aromatic carbocycles. The van der Waals surface area contributed by atoms with Crippen LogP contribution in [0, 0.1) is 6.92 Å². The minimum Gasteiger partial charge on any atom is -0.497 e. The summed E-state index contributed by atoms with van der Waals surface area (Å²) in [7, 11) is 1.67. The van der Waals surface area contributed by atoms with E-state index < -0.39 is 0 Å². The number of hydrogen-bond donors (Lipinski definition) is 1. The van der Waals surface area contributed by atoms with Crippen LogP contribution in [-0.4, -0.2) is 18.6 Å². The van der Waals surface area contributed by atoms with Crippen LogP contribution in [0.4, 0.5) is 0 Å². The molecule has 2 rings (SSSR count). The lowest BCUT2D eigenvalue weighted by Crippen LogP contribution is -2.11. The topological polar surface area (TPSA) is 48.1 Å². The second-order valence-electron chi connectivity index (χ2n) is 4.39. The first-order chi connectivity index (χ1) is 8.15. The third kappa shape index (κ3) is 2.24. The van der Waals surface area contributed by atoms with Gasteiger partial charge in [-0.05, 0) is 36.8 Å². The van der Waals surface area contributed by atoms with Gasteiger partial charge in [0, 0.05) is 23.5 Å². The molecule has 0 spiro atoms. The Labute approximate surface area is 102 Å². The first kappa shape index (κ1) is 11.9. The molecule has 0 saturated carbocycles. The second-order valence-corrected chi connectivity index (χ2v) is 4.39. The van der Waals surface area contributed by atoms with Crippen LogP contribution in [0.5, 0.6) is 5.75 Å². The Bertz CT molecular complexity index is 537. The Morgan fingerprint density at radius 2 is 2.12 bits per heavy atom. The standard InChI is InChI=1S/C14H18N2O/c1-9-6-11-7-12(17-3)4-5-13(11)16-14(9)10(2)8-15/h4-7,10H,8,15H2,1-3H3. The summed E-state index contributed by atoms with van der Waals surface area (Å²) in [6, 6.07) is 8.07. The minimum absolute atomic E-state index is 0.293. The summed E-state index contributed by atoms with van der Waals surface area (Å²) in [5.41, 5.74) is 8.97. The molecule has 0 fully saturated rings. The average molecular weight is 230 g/mol. The summed E-state index contributed by atoms with van der Waals surface area (Å²) in [5.74, 6) is 1.15. The van der Waals surface area contributed by atoms with Crippen molar-refractivity contribution in [2.24, 2.45) is 5.73 Å². The number of rotatable bonds is 3. The molecule has 0 radical (unpaired) electrons. The number of nitrogens with zero attached hydrogens (tertiary/aromatic N) is 1. The van der Waals surface area contributed by atoms with Crippen molar-refractivity contribution in [1.29, 1.82) is 0 Å². The normalized spacial score (nSPS) is 12.7. The van der Waals surface area contributed by atoms with Crippen LogP contribution < -0.4 is 10.5 Å². The molecular weight excluding hydrogens is 212 g/mol. The molecule has 0 saturated heterocycles.